The maximum absolute atomic E-state index is 12.0. The minimum absolute atomic E-state index is 0.0187. The van der Waals surface area contributed by atoms with Crippen LogP contribution in [0.1, 0.15) is 20.3 Å². The van der Waals surface area contributed by atoms with Crippen molar-refractivity contribution in [2.75, 3.05) is 17.6 Å². The van der Waals surface area contributed by atoms with E-state index in [1.54, 1.807) is 18.2 Å². The first-order chi connectivity index (χ1) is 8.26. The van der Waals surface area contributed by atoms with Crippen LogP contribution in [0.15, 0.2) is 18.2 Å². The van der Waals surface area contributed by atoms with E-state index in [2.05, 4.69) is 5.32 Å². The Morgan fingerprint density at radius 1 is 1.28 bits per heavy atom. The van der Waals surface area contributed by atoms with Gasteiger partial charge >= 0.3 is 6.18 Å². The van der Waals surface area contributed by atoms with Gasteiger partial charge in [-0.1, -0.05) is 0 Å². The number of halogens is 3. The Morgan fingerprint density at radius 3 is 2.50 bits per heavy atom. The third kappa shape index (κ3) is 5.65. The summed E-state index contributed by atoms with van der Waals surface area (Å²) in [7, 11) is 0. The molecule has 0 saturated carbocycles. The molecule has 1 aromatic carbocycles. The molecule has 0 radical (unpaired) electrons. The Hall–Kier alpha value is -1.59. The van der Waals surface area contributed by atoms with Crippen molar-refractivity contribution in [1.29, 1.82) is 0 Å². The highest BCUT2D eigenvalue weighted by Gasteiger charge is 2.26. The molecule has 0 unspecified atom stereocenters. The number of nitrogens with one attached hydrogen (secondary N) is 1. The van der Waals surface area contributed by atoms with Gasteiger partial charge in [0.2, 0.25) is 0 Å². The standard InChI is InChI=1S/C12H17F3N2O/c1-8(2)18-11-6-9(16)5-10(7-11)17-4-3-12(13,14)15/h5-8,17H,3-4,16H2,1-2H3. The van der Waals surface area contributed by atoms with E-state index >= 15 is 0 Å². The van der Waals surface area contributed by atoms with Crippen LogP contribution < -0.4 is 15.8 Å². The van der Waals surface area contributed by atoms with Crippen molar-refractivity contribution in [3.8, 4) is 5.75 Å². The van der Waals surface area contributed by atoms with Crippen LogP contribution in [0.4, 0.5) is 24.5 Å². The van der Waals surface area contributed by atoms with Gasteiger partial charge in [0, 0.05) is 30.1 Å². The van der Waals surface area contributed by atoms with Crippen LogP contribution in [0, 0.1) is 0 Å². The molecule has 0 aliphatic rings. The van der Waals surface area contributed by atoms with Gasteiger partial charge in [-0.2, -0.15) is 13.2 Å². The van der Waals surface area contributed by atoms with Gasteiger partial charge < -0.3 is 15.8 Å². The summed E-state index contributed by atoms with van der Waals surface area (Å²) >= 11 is 0. The van der Waals surface area contributed by atoms with E-state index in [1.165, 1.54) is 0 Å². The molecule has 0 spiro atoms. The topological polar surface area (TPSA) is 47.3 Å². The fourth-order valence-electron chi connectivity index (χ4n) is 1.41. The second-order valence-electron chi connectivity index (χ2n) is 4.25. The summed E-state index contributed by atoms with van der Waals surface area (Å²) in [5.41, 5.74) is 6.62. The number of alkyl halides is 3. The quantitative estimate of drug-likeness (QED) is 0.799. The second kappa shape index (κ2) is 5.84. The number of ether oxygens (including phenoxy) is 1. The van der Waals surface area contributed by atoms with Crippen LogP contribution in [0.2, 0.25) is 0 Å². The van der Waals surface area contributed by atoms with Gasteiger partial charge in [-0.05, 0) is 19.9 Å². The first kappa shape index (κ1) is 14.5. The molecule has 18 heavy (non-hydrogen) atoms. The lowest BCUT2D eigenvalue weighted by molar-refractivity contribution is -0.131. The van der Waals surface area contributed by atoms with Gasteiger partial charge in [0.1, 0.15) is 5.75 Å². The van der Waals surface area contributed by atoms with Crippen LogP contribution in [-0.4, -0.2) is 18.8 Å². The minimum Gasteiger partial charge on any atom is -0.491 e. The molecule has 1 aromatic rings. The second-order valence-corrected chi connectivity index (χ2v) is 4.25. The molecule has 3 nitrogen and oxygen atoms in total. The van der Waals surface area contributed by atoms with Crippen molar-refractivity contribution >= 4 is 11.4 Å². The first-order valence-corrected chi connectivity index (χ1v) is 5.64. The van der Waals surface area contributed by atoms with E-state index in [4.69, 9.17) is 10.5 Å². The van der Waals surface area contributed by atoms with Crippen molar-refractivity contribution in [1.82, 2.24) is 0 Å². The Labute approximate surface area is 104 Å². The van der Waals surface area contributed by atoms with Crippen LogP contribution >= 0.6 is 0 Å². The molecular weight excluding hydrogens is 245 g/mol. The molecule has 0 saturated heterocycles. The normalized spacial score (nSPS) is 11.7. The van der Waals surface area contributed by atoms with E-state index in [0.29, 0.717) is 17.1 Å². The molecule has 0 aliphatic heterocycles. The molecule has 0 bridgehead atoms. The lowest BCUT2D eigenvalue weighted by Gasteiger charge is -2.13. The summed E-state index contributed by atoms with van der Waals surface area (Å²) in [4.78, 5) is 0. The average molecular weight is 262 g/mol. The van der Waals surface area contributed by atoms with Crippen LogP contribution in [0.5, 0.6) is 5.75 Å². The van der Waals surface area contributed by atoms with Crippen LogP contribution in [-0.2, 0) is 0 Å². The van der Waals surface area contributed by atoms with Crippen molar-refractivity contribution in [2.24, 2.45) is 0 Å². The smallest absolute Gasteiger partial charge is 0.390 e. The Balaban J connectivity index is 2.62. The predicted molar refractivity (Wildman–Crippen MR) is 65.8 cm³/mol. The minimum atomic E-state index is -4.16. The summed E-state index contributed by atoms with van der Waals surface area (Å²) in [6.07, 6.45) is -5.07. The molecule has 102 valence electrons. The molecule has 0 fully saturated rings. The van der Waals surface area contributed by atoms with E-state index in [-0.39, 0.29) is 12.6 Å². The maximum atomic E-state index is 12.0. The molecule has 6 heteroatoms. The van der Waals surface area contributed by atoms with Gasteiger partial charge in [-0.15, -0.1) is 0 Å². The van der Waals surface area contributed by atoms with Crippen molar-refractivity contribution < 1.29 is 17.9 Å². The zero-order valence-corrected chi connectivity index (χ0v) is 10.3. The summed E-state index contributed by atoms with van der Waals surface area (Å²) in [5, 5.41) is 2.68. The number of anilines is 2. The number of benzene rings is 1. The van der Waals surface area contributed by atoms with Gasteiger partial charge in [-0.3, -0.25) is 0 Å². The summed E-state index contributed by atoms with van der Waals surface area (Å²) in [6, 6.07) is 4.84. The van der Waals surface area contributed by atoms with Crippen molar-refractivity contribution in [3.63, 3.8) is 0 Å². The third-order valence-corrected chi connectivity index (χ3v) is 2.04. The SMILES string of the molecule is CC(C)Oc1cc(N)cc(NCCC(F)(F)F)c1. The predicted octanol–water partition coefficient (Wildman–Crippen LogP) is 3.42. The lowest BCUT2D eigenvalue weighted by atomic mass is 10.2. The van der Waals surface area contributed by atoms with Crippen LogP contribution in [0.3, 0.4) is 0 Å². The molecule has 0 heterocycles. The van der Waals surface area contributed by atoms with E-state index in [9.17, 15) is 13.2 Å². The molecule has 3 N–H and O–H groups in total. The zero-order chi connectivity index (χ0) is 13.8. The van der Waals surface area contributed by atoms with Gasteiger partial charge in [-0.25, -0.2) is 0 Å². The number of rotatable bonds is 5. The first-order valence-electron chi connectivity index (χ1n) is 5.64. The van der Waals surface area contributed by atoms with Crippen molar-refractivity contribution in [2.45, 2.75) is 32.5 Å². The Bertz CT molecular complexity index is 391. The highest BCUT2D eigenvalue weighted by Crippen LogP contribution is 2.24. The average Bonchev–Trinajstić information content (AvgIpc) is 2.12. The fourth-order valence-corrected chi connectivity index (χ4v) is 1.41. The van der Waals surface area contributed by atoms with Gasteiger partial charge in [0.25, 0.3) is 0 Å². The Morgan fingerprint density at radius 2 is 1.94 bits per heavy atom. The highest BCUT2D eigenvalue weighted by atomic mass is 19.4. The molecule has 0 aromatic heterocycles. The summed E-state index contributed by atoms with van der Waals surface area (Å²) < 4.78 is 41.4. The van der Waals surface area contributed by atoms with Crippen LogP contribution in [0.25, 0.3) is 0 Å². The lowest BCUT2D eigenvalue weighted by Crippen LogP contribution is -2.14. The number of nitrogen functional groups attached to an aromatic ring is 1. The molecule has 0 amide bonds. The number of nitrogens with two attached hydrogens (primary N) is 1. The van der Waals surface area contributed by atoms with E-state index < -0.39 is 12.6 Å². The Kier molecular flexibility index (Phi) is 4.69. The fraction of sp³-hybridized carbons (Fsp3) is 0.500. The molecular formula is C12H17F3N2O. The number of hydrogen-bond acceptors (Lipinski definition) is 3. The monoisotopic (exact) mass is 262 g/mol. The zero-order valence-electron chi connectivity index (χ0n) is 10.3. The molecule has 1 rings (SSSR count). The largest absolute Gasteiger partial charge is 0.491 e. The third-order valence-electron chi connectivity index (χ3n) is 2.04. The van der Waals surface area contributed by atoms with E-state index in [0.717, 1.165) is 0 Å². The summed E-state index contributed by atoms with van der Waals surface area (Å²) in [5.74, 6) is 0.541. The maximum Gasteiger partial charge on any atom is 0.390 e. The molecule has 0 aliphatic carbocycles. The summed E-state index contributed by atoms with van der Waals surface area (Å²) in [6.45, 7) is 3.54. The highest BCUT2D eigenvalue weighted by molar-refractivity contribution is 5.59. The van der Waals surface area contributed by atoms with E-state index in [1.807, 2.05) is 13.8 Å². The van der Waals surface area contributed by atoms with Crippen molar-refractivity contribution in [3.05, 3.63) is 18.2 Å². The molecule has 0 atom stereocenters. The van der Waals surface area contributed by atoms with Gasteiger partial charge in [0.15, 0.2) is 0 Å². The van der Waals surface area contributed by atoms with Gasteiger partial charge in [0.05, 0.1) is 12.5 Å². The number of hydrogen-bond donors (Lipinski definition) is 2.